The zero-order chi connectivity index (χ0) is 20.6. The van der Waals surface area contributed by atoms with Gasteiger partial charge in [0, 0.05) is 18.5 Å². The molecule has 6 heteroatoms. The second-order valence-corrected chi connectivity index (χ2v) is 6.73. The van der Waals surface area contributed by atoms with E-state index in [2.05, 4.69) is 5.32 Å². The van der Waals surface area contributed by atoms with Crippen LogP contribution in [0.3, 0.4) is 0 Å². The Bertz CT molecular complexity index is 771. The Morgan fingerprint density at radius 3 is 2.29 bits per heavy atom. The van der Waals surface area contributed by atoms with Gasteiger partial charge in [-0.1, -0.05) is 12.1 Å². The van der Waals surface area contributed by atoms with Gasteiger partial charge in [0.2, 0.25) is 0 Å². The van der Waals surface area contributed by atoms with Crippen LogP contribution in [-0.2, 0) is 6.42 Å². The summed E-state index contributed by atoms with van der Waals surface area (Å²) >= 11 is 0. The number of carbonyl (C=O) groups is 1. The predicted octanol–water partition coefficient (Wildman–Crippen LogP) is 3.22. The van der Waals surface area contributed by atoms with Gasteiger partial charge in [-0.25, -0.2) is 0 Å². The molecule has 0 unspecified atom stereocenters. The number of nitrogens with one attached hydrogen (secondary N) is 1. The van der Waals surface area contributed by atoms with Gasteiger partial charge in [-0.15, -0.1) is 0 Å². The third-order valence-electron chi connectivity index (χ3n) is 4.18. The van der Waals surface area contributed by atoms with Gasteiger partial charge >= 0.3 is 0 Å². The molecule has 0 saturated heterocycles. The molecule has 6 nitrogen and oxygen atoms in total. The number of benzene rings is 2. The van der Waals surface area contributed by atoms with Crippen LogP contribution in [0.5, 0.6) is 17.2 Å². The highest BCUT2D eigenvalue weighted by atomic mass is 16.5. The first-order chi connectivity index (χ1) is 13.4. The first kappa shape index (κ1) is 21.6. The highest BCUT2D eigenvalue weighted by molar-refractivity contribution is 5.94. The van der Waals surface area contributed by atoms with Crippen molar-refractivity contribution >= 4 is 5.91 Å². The Morgan fingerprint density at radius 2 is 1.68 bits per heavy atom. The number of ether oxygens (including phenoxy) is 3. The van der Waals surface area contributed by atoms with Crippen molar-refractivity contribution in [2.45, 2.75) is 32.8 Å². The summed E-state index contributed by atoms with van der Waals surface area (Å²) in [6, 6.07) is 12.5. The fourth-order valence-electron chi connectivity index (χ4n) is 2.81. The van der Waals surface area contributed by atoms with E-state index in [4.69, 9.17) is 14.2 Å². The summed E-state index contributed by atoms with van der Waals surface area (Å²) in [6.45, 7) is 6.57. The summed E-state index contributed by atoms with van der Waals surface area (Å²) in [5.41, 5.74) is 0.324. The summed E-state index contributed by atoms with van der Waals surface area (Å²) in [6.07, 6.45) is 0.407. The molecule has 0 aliphatic rings. The van der Waals surface area contributed by atoms with E-state index >= 15 is 0 Å². The molecule has 0 spiro atoms. The summed E-state index contributed by atoms with van der Waals surface area (Å²) in [5, 5.41) is 13.4. The number of aliphatic hydroxyl groups is 1. The predicted molar refractivity (Wildman–Crippen MR) is 108 cm³/mol. The quantitative estimate of drug-likeness (QED) is 0.655. The molecular formula is C22H29NO5. The van der Waals surface area contributed by atoms with Gasteiger partial charge in [0.05, 0.1) is 25.9 Å². The molecule has 0 heterocycles. The lowest BCUT2D eigenvalue weighted by Crippen LogP contribution is -2.42. The van der Waals surface area contributed by atoms with E-state index in [0.29, 0.717) is 36.7 Å². The summed E-state index contributed by atoms with van der Waals surface area (Å²) < 4.78 is 16.2. The van der Waals surface area contributed by atoms with Gasteiger partial charge in [0.1, 0.15) is 5.75 Å². The molecule has 2 aromatic rings. The molecule has 0 fully saturated rings. The fourth-order valence-corrected chi connectivity index (χ4v) is 2.81. The smallest absolute Gasteiger partial charge is 0.251 e. The van der Waals surface area contributed by atoms with Crippen molar-refractivity contribution in [2.75, 3.05) is 26.9 Å². The van der Waals surface area contributed by atoms with Gasteiger partial charge < -0.3 is 24.6 Å². The van der Waals surface area contributed by atoms with E-state index in [1.54, 1.807) is 32.2 Å². The highest BCUT2D eigenvalue weighted by Crippen LogP contribution is 2.28. The lowest BCUT2D eigenvalue weighted by molar-refractivity contribution is 0.0552. The topological polar surface area (TPSA) is 77.0 Å². The molecular weight excluding hydrogens is 358 g/mol. The maximum absolute atomic E-state index is 12.5. The van der Waals surface area contributed by atoms with Crippen molar-refractivity contribution in [1.29, 1.82) is 0 Å². The Kier molecular flexibility index (Phi) is 7.70. The molecule has 1 atom stereocenters. The zero-order valence-electron chi connectivity index (χ0n) is 17.0. The summed E-state index contributed by atoms with van der Waals surface area (Å²) in [7, 11) is 1.61. The van der Waals surface area contributed by atoms with Gasteiger partial charge in [0.25, 0.3) is 5.91 Å². The lowest BCUT2D eigenvalue weighted by atomic mass is 9.96. The van der Waals surface area contributed by atoms with Gasteiger partial charge in [-0.2, -0.15) is 0 Å². The second kappa shape index (κ2) is 9.99. The average molecular weight is 387 g/mol. The summed E-state index contributed by atoms with van der Waals surface area (Å²) in [5.74, 6) is 1.62. The van der Waals surface area contributed by atoms with Gasteiger partial charge in [0.15, 0.2) is 11.5 Å². The SMILES string of the molecule is CCOc1ccc(C(=O)NC[C@](C)(O)Cc2ccc(OC)cc2)cc1OCC. The van der Waals surface area contributed by atoms with Crippen LogP contribution in [0.15, 0.2) is 42.5 Å². The Hall–Kier alpha value is -2.73. The van der Waals surface area contributed by atoms with Crippen LogP contribution in [0.1, 0.15) is 36.7 Å². The average Bonchev–Trinajstić information content (AvgIpc) is 2.68. The molecule has 0 aromatic heterocycles. The van der Waals surface area contributed by atoms with Crippen molar-refractivity contribution in [1.82, 2.24) is 5.32 Å². The van der Waals surface area contributed by atoms with E-state index in [0.717, 1.165) is 11.3 Å². The Balaban J connectivity index is 2.00. The van der Waals surface area contributed by atoms with E-state index in [1.165, 1.54) is 0 Å². The van der Waals surface area contributed by atoms with Crippen LogP contribution in [0.4, 0.5) is 0 Å². The van der Waals surface area contributed by atoms with E-state index in [9.17, 15) is 9.90 Å². The third-order valence-corrected chi connectivity index (χ3v) is 4.18. The van der Waals surface area contributed by atoms with Crippen molar-refractivity contribution in [2.24, 2.45) is 0 Å². The van der Waals surface area contributed by atoms with E-state index in [-0.39, 0.29) is 12.5 Å². The van der Waals surface area contributed by atoms with Crippen molar-refractivity contribution in [3.63, 3.8) is 0 Å². The Labute approximate surface area is 166 Å². The normalized spacial score (nSPS) is 12.8. The molecule has 0 aliphatic carbocycles. The molecule has 0 saturated carbocycles. The van der Waals surface area contributed by atoms with Crippen molar-refractivity contribution < 1.29 is 24.1 Å². The second-order valence-electron chi connectivity index (χ2n) is 6.73. The van der Waals surface area contributed by atoms with Crippen LogP contribution in [-0.4, -0.2) is 43.5 Å². The summed E-state index contributed by atoms with van der Waals surface area (Å²) in [4.78, 5) is 12.5. The standard InChI is InChI=1S/C22H29NO5/c1-5-27-19-12-9-17(13-20(19)28-6-2)21(24)23-15-22(3,25)14-16-7-10-18(26-4)11-8-16/h7-13,25H,5-6,14-15H2,1-4H3,(H,23,24)/t22-/m1/s1. The number of hydrogen-bond acceptors (Lipinski definition) is 5. The Morgan fingerprint density at radius 1 is 1.04 bits per heavy atom. The zero-order valence-corrected chi connectivity index (χ0v) is 17.0. The molecule has 2 N–H and O–H groups in total. The number of hydrogen-bond donors (Lipinski definition) is 2. The first-order valence-electron chi connectivity index (χ1n) is 9.41. The highest BCUT2D eigenvalue weighted by Gasteiger charge is 2.22. The maximum Gasteiger partial charge on any atom is 0.251 e. The van der Waals surface area contributed by atoms with Crippen LogP contribution in [0, 0.1) is 0 Å². The minimum absolute atomic E-state index is 0.120. The van der Waals surface area contributed by atoms with E-state index < -0.39 is 5.60 Å². The largest absolute Gasteiger partial charge is 0.497 e. The third kappa shape index (κ3) is 6.16. The van der Waals surface area contributed by atoms with Crippen LogP contribution in [0.2, 0.25) is 0 Å². The maximum atomic E-state index is 12.5. The molecule has 0 bridgehead atoms. The molecule has 0 aliphatic heterocycles. The molecule has 0 radical (unpaired) electrons. The molecule has 2 aromatic carbocycles. The van der Waals surface area contributed by atoms with Crippen molar-refractivity contribution in [3.8, 4) is 17.2 Å². The van der Waals surface area contributed by atoms with Crippen LogP contribution >= 0.6 is 0 Å². The number of carbonyl (C=O) groups excluding carboxylic acids is 1. The minimum atomic E-state index is -1.09. The number of amides is 1. The molecule has 1 amide bonds. The van der Waals surface area contributed by atoms with Gasteiger partial charge in [-0.3, -0.25) is 4.79 Å². The molecule has 152 valence electrons. The van der Waals surface area contributed by atoms with Crippen LogP contribution in [0.25, 0.3) is 0 Å². The molecule has 28 heavy (non-hydrogen) atoms. The van der Waals surface area contributed by atoms with Gasteiger partial charge in [-0.05, 0) is 56.7 Å². The number of methoxy groups -OCH3 is 1. The van der Waals surface area contributed by atoms with E-state index in [1.807, 2.05) is 38.1 Å². The van der Waals surface area contributed by atoms with Crippen molar-refractivity contribution in [3.05, 3.63) is 53.6 Å². The minimum Gasteiger partial charge on any atom is -0.497 e. The monoisotopic (exact) mass is 387 g/mol. The number of rotatable bonds is 10. The first-order valence-corrected chi connectivity index (χ1v) is 9.41. The molecule has 2 rings (SSSR count). The van der Waals surface area contributed by atoms with Crippen LogP contribution < -0.4 is 19.5 Å². The fraction of sp³-hybridized carbons (Fsp3) is 0.409. The lowest BCUT2D eigenvalue weighted by Gasteiger charge is -2.24.